The number of thiophene rings is 1. The molecule has 0 aliphatic carbocycles. The van der Waals surface area contributed by atoms with Gasteiger partial charge in [-0.25, -0.2) is 0 Å². The maximum atomic E-state index is 12.5. The Bertz CT molecular complexity index is 702. The number of nitrogens with zero attached hydrogens (tertiary/aromatic N) is 1. The number of hydrogen-bond acceptors (Lipinski definition) is 4. The van der Waals surface area contributed by atoms with Gasteiger partial charge in [0, 0.05) is 30.9 Å². The third kappa shape index (κ3) is 3.49. The van der Waals surface area contributed by atoms with Crippen molar-refractivity contribution in [2.24, 2.45) is 0 Å². The fourth-order valence-corrected chi connectivity index (χ4v) is 3.54. The van der Waals surface area contributed by atoms with E-state index in [4.69, 9.17) is 0 Å². The molecule has 1 fully saturated rings. The molecule has 2 amide bonds. The first kappa shape index (κ1) is 16.7. The van der Waals surface area contributed by atoms with E-state index in [1.54, 1.807) is 11.3 Å². The van der Waals surface area contributed by atoms with Gasteiger partial charge in [-0.2, -0.15) is 0 Å². The molecular weight excluding hydrogens is 324 g/mol. The van der Waals surface area contributed by atoms with Crippen molar-refractivity contribution in [1.29, 1.82) is 0 Å². The van der Waals surface area contributed by atoms with Gasteiger partial charge < -0.3 is 15.3 Å². The topological polar surface area (TPSA) is 69.6 Å². The molecule has 2 aromatic rings. The predicted octanol–water partition coefficient (Wildman–Crippen LogP) is 1.57. The van der Waals surface area contributed by atoms with Crippen molar-refractivity contribution in [3.63, 3.8) is 0 Å². The molecule has 0 bridgehead atoms. The summed E-state index contributed by atoms with van der Waals surface area (Å²) in [4.78, 5) is 27.5. The molecule has 1 atom stereocenters. The van der Waals surface area contributed by atoms with Crippen LogP contribution in [0.15, 0.2) is 47.8 Å². The van der Waals surface area contributed by atoms with Crippen molar-refractivity contribution >= 4 is 23.2 Å². The second-order valence-corrected chi connectivity index (χ2v) is 6.94. The quantitative estimate of drug-likeness (QED) is 0.782. The molecule has 2 heterocycles. The summed E-state index contributed by atoms with van der Waals surface area (Å²) in [5.74, 6) is -1.11. The Balaban J connectivity index is 1.56. The number of benzene rings is 1. The largest absolute Gasteiger partial charge is 0.372 e. The number of aliphatic hydroxyl groups is 1. The van der Waals surface area contributed by atoms with Crippen LogP contribution in [0, 0.1) is 0 Å². The van der Waals surface area contributed by atoms with E-state index in [-0.39, 0.29) is 6.42 Å². The normalized spacial score (nSPS) is 20.4. The van der Waals surface area contributed by atoms with E-state index >= 15 is 0 Å². The zero-order valence-corrected chi connectivity index (χ0v) is 14.1. The lowest BCUT2D eigenvalue weighted by Crippen LogP contribution is -2.52. The second kappa shape index (κ2) is 7.15. The van der Waals surface area contributed by atoms with Crippen LogP contribution < -0.4 is 5.32 Å². The minimum Gasteiger partial charge on any atom is -0.372 e. The molecule has 0 spiro atoms. The number of rotatable bonds is 6. The van der Waals surface area contributed by atoms with Crippen LogP contribution in [0.5, 0.6) is 0 Å². The fourth-order valence-electron chi connectivity index (χ4n) is 2.83. The lowest BCUT2D eigenvalue weighted by Gasteiger charge is -2.21. The summed E-state index contributed by atoms with van der Waals surface area (Å²) in [5, 5.41) is 15.2. The van der Waals surface area contributed by atoms with Crippen LogP contribution in [0.25, 0.3) is 0 Å². The Kier molecular flexibility index (Phi) is 4.97. The van der Waals surface area contributed by atoms with E-state index in [0.717, 1.165) is 10.4 Å². The summed E-state index contributed by atoms with van der Waals surface area (Å²) in [6.07, 6.45) is 0.824. The molecule has 24 heavy (non-hydrogen) atoms. The maximum Gasteiger partial charge on any atom is 0.264 e. The molecule has 2 N–H and O–H groups in total. The first-order valence-electron chi connectivity index (χ1n) is 7.96. The Morgan fingerprint density at radius 1 is 1.25 bits per heavy atom. The van der Waals surface area contributed by atoms with E-state index in [9.17, 15) is 14.7 Å². The van der Waals surface area contributed by atoms with E-state index in [2.05, 4.69) is 5.32 Å². The van der Waals surface area contributed by atoms with E-state index in [1.807, 2.05) is 47.8 Å². The summed E-state index contributed by atoms with van der Waals surface area (Å²) in [7, 11) is 0. The highest BCUT2D eigenvalue weighted by Crippen LogP contribution is 2.25. The first-order valence-corrected chi connectivity index (χ1v) is 8.84. The SMILES string of the molecule is O=C(NCCc1cccs1)C1(O)CCN(Cc2ccccc2)C1=O. The Hall–Kier alpha value is -2.18. The Morgan fingerprint density at radius 3 is 2.75 bits per heavy atom. The van der Waals surface area contributed by atoms with Gasteiger partial charge in [0.2, 0.25) is 5.60 Å². The molecule has 126 valence electrons. The van der Waals surface area contributed by atoms with E-state index < -0.39 is 17.4 Å². The van der Waals surface area contributed by atoms with Crippen LogP contribution in [0.3, 0.4) is 0 Å². The van der Waals surface area contributed by atoms with Crippen molar-refractivity contribution in [3.8, 4) is 0 Å². The molecule has 1 aliphatic rings. The molecule has 1 unspecified atom stereocenters. The standard InChI is InChI=1S/C18H20N2O3S/c21-16(19-10-8-15-7-4-12-24-15)18(23)9-11-20(17(18)22)13-14-5-2-1-3-6-14/h1-7,12,23H,8-11,13H2,(H,19,21). The molecule has 1 aromatic carbocycles. The molecule has 1 aromatic heterocycles. The van der Waals surface area contributed by atoms with E-state index in [1.165, 1.54) is 4.90 Å². The van der Waals surface area contributed by atoms with Gasteiger partial charge in [0.25, 0.3) is 11.8 Å². The van der Waals surface area contributed by atoms with Gasteiger partial charge in [-0.3, -0.25) is 9.59 Å². The summed E-state index contributed by atoms with van der Waals surface area (Å²) in [6.45, 7) is 1.20. The number of amides is 2. The average Bonchev–Trinajstić information content (AvgIpc) is 3.20. The smallest absolute Gasteiger partial charge is 0.264 e. The molecule has 6 heteroatoms. The molecule has 1 aliphatic heterocycles. The number of carbonyl (C=O) groups is 2. The van der Waals surface area contributed by atoms with Crippen molar-refractivity contribution in [3.05, 3.63) is 58.3 Å². The van der Waals surface area contributed by atoms with Crippen LogP contribution >= 0.6 is 11.3 Å². The Morgan fingerprint density at radius 2 is 2.04 bits per heavy atom. The van der Waals surface area contributed by atoms with Gasteiger partial charge in [0.1, 0.15) is 0 Å². The molecule has 1 saturated heterocycles. The van der Waals surface area contributed by atoms with Gasteiger partial charge in [-0.1, -0.05) is 36.4 Å². The summed E-state index contributed by atoms with van der Waals surface area (Å²) in [5.41, 5.74) is -0.960. The third-order valence-corrected chi connectivity index (χ3v) is 5.15. The minimum atomic E-state index is -1.94. The first-order chi connectivity index (χ1) is 11.6. The third-order valence-electron chi connectivity index (χ3n) is 4.21. The highest BCUT2D eigenvalue weighted by atomic mass is 32.1. The average molecular weight is 344 g/mol. The molecule has 0 saturated carbocycles. The van der Waals surface area contributed by atoms with Crippen LogP contribution in [0.1, 0.15) is 16.9 Å². The van der Waals surface area contributed by atoms with Crippen molar-refractivity contribution < 1.29 is 14.7 Å². The highest BCUT2D eigenvalue weighted by molar-refractivity contribution is 7.09. The van der Waals surface area contributed by atoms with E-state index in [0.29, 0.717) is 26.1 Å². The van der Waals surface area contributed by atoms with Gasteiger partial charge in [0.15, 0.2) is 0 Å². The molecular formula is C18H20N2O3S. The number of likely N-dealkylation sites (tertiary alicyclic amines) is 1. The minimum absolute atomic E-state index is 0.128. The fraction of sp³-hybridized carbons (Fsp3) is 0.333. The maximum absolute atomic E-state index is 12.5. The van der Waals surface area contributed by atoms with Crippen LogP contribution in [-0.2, 0) is 22.6 Å². The van der Waals surface area contributed by atoms with Gasteiger partial charge >= 0.3 is 0 Å². The summed E-state index contributed by atoms with van der Waals surface area (Å²) in [6, 6.07) is 13.5. The van der Waals surface area contributed by atoms with Gasteiger partial charge in [-0.05, 0) is 23.4 Å². The van der Waals surface area contributed by atoms with Crippen molar-refractivity contribution in [2.45, 2.75) is 25.0 Å². The number of carbonyl (C=O) groups excluding carboxylic acids is 2. The summed E-state index contributed by atoms with van der Waals surface area (Å²) < 4.78 is 0. The lowest BCUT2D eigenvalue weighted by atomic mass is 10.0. The number of nitrogens with one attached hydrogen (secondary N) is 1. The van der Waals surface area contributed by atoms with Crippen LogP contribution in [0.2, 0.25) is 0 Å². The predicted molar refractivity (Wildman–Crippen MR) is 92.5 cm³/mol. The van der Waals surface area contributed by atoms with Crippen molar-refractivity contribution in [2.75, 3.05) is 13.1 Å². The zero-order valence-electron chi connectivity index (χ0n) is 13.3. The highest BCUT2D eigenvalue weighted by Gasteiger charge is 2.51. The molecule has 3 rings (SSSR count). The summed E-state index contributed by atoms with van der Waals surface area (Å²) >= 11 is 1.62. The molecule has 0 radical (unpaired) electrons. The van der Waals surface area contributed by atoms with Crippen LogP contribution in [-0.4, -0.2) is 40.5 Å². The van der Waals surface area contributed by atoms with Gasteiger partial charge in [0.05, 0.1) is 0 Å². The monoisotopic (exact) mass is 344 g/mol. The van der Waals surface area contributed by atoms with Crippen LogP contribution in [0.4, 0.5) is 0 Å². The van der Waals surface area contributed by atoms with Crippen molar-refractivity contribution in [1.82, 2.24) is 10.2 Å². The Labute approximate surface area is 144 Å². The van der Waals surface area contributed by atoms with Gasteiger partial charge in [-0.15, -0.1) is 11.3 Å². The molecule has 5 nitrogen and oxygen atoms in total. The second-order valence-electron chi connectivity index (χ2n) is 5.91. The zero-order chi connectivity index (χ0) is 17.0. The number of hydrogen-bond donors (Lipinski definition) is 2. The lowest BCUT2D eigenvalue weighted by molar-refractivity contribution is -0.154.